The Morgan fingerprint density at radius 2 is 1.29 bits per heavy atom. The highest BCUT2D eigenvalue weighted by Crippen LogP contribution is 2.31. The number of urea groups is 1. The number of nitrogens with one attached hydrogen (secondary N) is 2. The summed E-state index contributed by atoms with van der Waals surface area (Å²) in [6, 6.07) is 29.0. The van der Waals surface area contributed by atoms with Gasteiger partial charge >= 0.3 is 12.1 Å². The number of carbonyl (C=O) groups is 5. The SMILES string of the molecule is CC(=O)N1CCC(NC(=O)[C@@H]2CC[C@@H]3CN2C(=O)N3OCc2ccccc2)CC1.O=C(CC1CCN(C(=O)OCc2ccccc2)CC1)C1CC[C@@H](COCc2ccccc2)CN1. The van der Waals surface area contributed by atoms with E-state index in [9.17, 15) is 24.0 Å². The van der Waals surface area contributed by atoms with Gasteiger partial charge in [0, 0.05) is 58.7 Å². The van der Waals surface area contributed by atoms with E-state index in [1.807, 2.05) is 78.9 Å². The van der Waals surface area contributed by atoms with Crippen LogP contribution in [0, 0.1) is 11.8 Å². The van der Waals surface area contributed by atoms with Crippen molar-refractivity contribution in [2.75, 3.05) is 45.9 Å². The lowest BCUT2D eigenvalue weighted by Gasteiger charge is -2.34. The van der Waals surface area contributed by atoms with Crippen molar-refractivity contribution in [1.29, 1.82) is 0 Å². The average molecular weight is 865 g/mol. The molecule has 5 fully saturated rings. The Morgan fingerprint density at radius 1 is 0.683 bits per heavy atom. The quantitative estimate of drug-likeness (QED) is 0.196. The average Bonchev–Trinajstić information content (AvgIpc) is 3.56. The molecule has 14 nitrogen and oxygen atoms in total. The van der Waals surface area contributed by atoms with Gasteiger partial charge in [-0.25, -0.2) is 9.59 Å². The monoisotopic (exact) mass is 864 g/mol. The lowest BCUT2D eigenvalue weighted by molar-refractivity contribution is -0.140. The smallest absolute Gasteiger partial charge is 0.410 e. The molecule has 3 aromatic rings. The number of ether oxygens (including phenoxy) is 2. The maximum Gasteiger partial charge on any atom is 0.410 e. The highest BCUT2D eigenvalue weighted by atomic mass is 16.7. The molecule has 8 rings (SSSR count). The van der Waals surface area contributed by atoms with E-state index >= 15 is 0 Å². The van der Waals surface area contributed by atoms with Crippen molar-refractivity contribution in [2.24, 2.45) is 11.8 Å². The van der Waals surface area contributed by atoms with Gasteiger partial charge in [0.1, 0.15) is 25.0 Å². The number of amides is 5. The number of carbonyl (C=O) groups excluding carboxylic acids is 5. The van der Waals surface area contributed by atoms with Crippen molar-refractivity contribution in [3.8, 4) is 0 Å². The highest BCUT2D eigenvalue weighted by molar-refractivity contribution is 5.88. The van der Waals surface area contributed by atoms with Crippen LogP contribution in [0.1, 0.15) is 81.4 Å². The van der Waals surface area contributed by atoms with Crippen molar-refractivity contribution in [1.82, 2.24) is 30.4 Å². The van der Waals surface area contributed by atoms with Gasteiger partial charge < -0.3 is 34.8 Å². The summed E-state index contributed by atoms with van der Waals surface area (Å²) in [5.74, 6) is 1.10. The fraction of sp³-hybridized carbons (Fsp3) is 0.531. The third-order valence-electron chi connectivity index (χ3n) is 13.1. The minimum atomic E-state index is -0.449. The minimum Gasteiger partial charge on any atom is -0.445 e. The van der Waals surface area contributed by atoms with Crippen molar-refractivity contribution in [3.63, 3.8) is 0 Å². The summed E-state index contributed by atoms with van der Waals surface area (Å²) >= 11 is 0. The molecule has 3 aromatic carbocycles. The maximum atomic E-state index is 12.9. The summed E-state index contributed by atoms with van der Waals surface area (Å²) in [7, 11) is 0. The zero-order valence-corrected chi connectivity index (χ0v) is 36.6. The van der Waals surface area contributed by atoms with Gasteiger partial charge in [-0.15, -0.1) is 0 Å². The van der Waals surface area contributed by atoms with Crippen LogP contribution in [0.3, 0.4) is 0 Å². The molecule has 0 aromatic heterocycles. The van der Waals surface area contributed by atoms with E-state index in [0.717, 1.165) is 69.2 Å². The topological polar surface area (TPSA) is 150 Å². The molecule has 5 amide bonds. The van der Waals surface area contributed by atoms with Crippen LogP contribution in [0.25, 0.3) is 0 Å². The van der Waals surface area contributed by atoms with Gasteiger partial charge in [-0.05, 0) is 79.9 Å². The third kappa shape index (κ3) is 13.1. The van der Waals surface area contributed by atoms with Gasteiger partial charge in [0.05, 0.1) is 25.3 Å². The standard InChI is InChI=1S/C28H36N2O4.C21H28N4O4/c31-27(26-12-11-25(18-29-26)20-33-19-23-7-3-1-4-8-23)17-22-13-15-30(16-14-22)28(32)34-21-24-9-5-2-6-10-24;1-15(26)23-11-9-17(10-12-23)22-20(27)19-8-7-18-13-24(19)21(28)25(18)29-14-16-5-3-2-4-6-16/h1-10,22,25-26,29H,11-21H2;2-6,17-19H,7-14H2,1H3,(H,22,27)/t25-,26?;18-,19+/m11/s1. The van der Waals surface area contributed by atoms with Crippen LogP contribution in [-0.2, 0) is 48.5 Å². The van der Waals surface area contributed by atoms with Gasteiger partial charge in [0.15, 0.2) is 0 Å². The second-order valence-electron chi connectivity index (χ2n) is 17.6. The zero-order chi connectivity index (χ0) is 44.0. The van der Waals surface area contributed by atoms with E-state index in [1.54, 1.807) is 21.6 Å². The first-order valence-electron chi connectivity index (χ1n) is 22.9. The number of hydroxylamine groups is 2. The van der Waals surface area contributed by atoms with Gasteiger partial charge in [-0.1, -0.05) is 91.0 Å². The number of likely N-dealkylation sites (tertiary alicyclic amines) is 2. The van der Waals surface area contributed by atoms with Gasteiger partial charge in [-0.2, -0.15) is 5.06 Å². The number of rotatable bonds is 14. The zero-order valence-electron chi connectivity index (χ0n) is 36.6. The van der Waals surface area contributed by atoms with Crippen LogP contribution in [0.4, 0.5) is 9.59 Å². The summed E-state index contributed by atoms with van der Waals surface area (Å²) in [6.07, 6.45) is 6.83. The van der Waals surface area contributed by atoms with E-state index in [0.29, 0.717) is 83.0 Å². The molecule has 4 atom stereocenters. The molecule has 0 aliphatic carbocycles. The molecule has 0 saturated carbocycles. The Balaban J connectivity index is 0.000000191. The predicted octanol–water partition coefficient (Wildman–Crippen LogP) is 6.09. The summed E-state index contributed by atoms with van der Waals surface area (Å²) in [5, 5.41) is 8.00. The Labute approximate surface area is 371 Å². The largest absolute Gasteiger partial charge is 0.445 e. The van der Waals surface area contributed by atoms with Crippen molar-refractivity contribution >= 4 is 29.7 Å². The van der Waals surface area contributed by atoms with Crippen LogP contribution in [0.5, 0.6) is 0 Å². The third-order valence-corrected chi connectivity index (χ3v) is 13.1. The van der Waals surface area contributed by atoms with Crippen LogP contribution in [0.15, 0.2) is 91.0 Å². The first-order chi connectivity index (χ1) is 30.7. The number of piperidine rings is 4. The molecule has 2 N–H and O–H groups in total. The molecule has 63 heavy (non-hydrogen) atoms. The number of ketones is 1. The van der Waals surface area contributed by atoms with E-state index in [1.165, 1.54) is 10.6 Å². The van der Waals surface area contributed by atoms with E-state index in [2.05, 4.69) is 22.8 Å². The Morgan fingerprint density at radius 3 is 1.89 bits per heavy atom. The fourth-order valence-corrected chi connectivity index (χ4v) is 9.23. The normalized spacial score (nSPS) is 22.8. The van der Waals surface area contributed by atoms with Crippen LogP contribution in [0.2, 0.25) is 0 Å². The first-order valence-corrected chi connectivity index (χ1v) is 22.9. The summed E-state index contributed by atoms with van der Waals surface area (Å²) in [5.41, 5.74) is 3.18. The molecule has 0 radical (unpaired) electrons. The molecule has 5 aliphatic rings. The molecule has 5 heterocycles. The Hall–Kier alpha value is -5.31. The van der Waals surface area contributed by atoms with Gasteiger partial charge in [-0.3, -0.25) is 19.2 Å². The second kappa shape index (κ2) is 22.9. The predicted molar refractivity (Wildman–Crippen MR) is 237 cm³/mol. The molecular weight excluding hydrogens is 801 g/mol. The lowest BCUT2D eigenvalue weighted by atomic mass is 9.86. The maximum absolute atomic E-state index is 12.9. The van der Waals surface area contributed by atoms with E-state index < -0.39 is 6.04 Å². The van der Waals surface area contributed by atoms with Crippen molar-refractivity contribution < 1.29 is 38.3 Å². The van der Waals surface area contributed by atoms with Crippen molar-refractivity contribution in [2.45, 2.75) is 109 Å². The lowest BCUT2D eigenvalue weighted by Crippen LogP contribution is -2.54. The molecule has 5 saturated heterocycles. The number of nitrogens with zero attached hydrogens (tertiary/aromatic N) is 4. The fourth-order valence-electron chi connectivity index (χ4n) is 9.23. The van der Waals surface area contributed by atoms with E-state index in [4.69, 9.17) is 14.3 Å². The van der Waals surface area contributed by atoms with Gasteiger partial charge in [0.2, 0.25) is 11.8 Å². The van der Waals surface area contributed by atoms with Crippen LogP contribution in [-0.4, -0.2) is 120 Å². The second-order valence-corrected chi connectivity index (χ2v) is 17.6. The number of hydrogen-bond donors (Lipinski definition) is 2. The Kier molecular flexibility index (Phi) is 16.6. The molecule has 338 valence electrons. The number of benzene rings is 3. The first kappa shape index (κ1) is 45.7. The van der Waals surface area contributed by atoms with Crippen molar-refractivity contribution in [3.05, 3.63) is 108 Å². The molecule has 5 aliphatic heterocycles. The molecule has 14 heteroatoms. The van der Waals surface area contributed by atoms with E-state index in [-0.39, 0.29) is 42.1 Å². The molecular formula is C49H64N6O8. The van der Waals surface area contributed by atoms with Gasteiger partial charge in [0.25, 0.3) is 0 Å². The highest BCUT2D eigenvalue weighted by Gasteiger charge is 2.48. The minimum absolute atomic E-state index is 0.00549. The summed E-state index contributed by atoms with van der Waals surface area (Å²) in [6.45, 7) is 7.56. The number of hydrogen-bond acceptors (Lipinski definition) is 9. The molecule has 1 unspecified atom stereocenters. The molecule has 2 bridgehead atoms. The Bertz CT molecular complexity index is 1930. The van der Waals surface area contributed by atoms with Crippen LogP contribution >= 0.6 is 0 Å². The van der Waals surface area contributed by atoms with Crippen LogP contribution < -0.4 is 10.6 Å². The number of Topliss-reactive ketones (excluding diaryl/α,β-unsaturated/α-hetero) is 1. The number of fused-ring (bicyclic) bond motifs is 2. The summed E-state index contributed by atoms with van der Waals surface area (Å²) in [4.78, 5) is 73.4. The summed E-state index contributed by atoms with van der Waals surface area (Å²) < 4.78 is 11.3. The molecule has 0 spiro atoms.